The number of aryl methyl sites for hydroxylation is 1. The van der Waals surface area contributed by atoms with Crippen LogP contribution in [0.2, 0.25) is 0 Å². The number of nitrogens with zero attached hydrogens (tertiary/aromatic N) is 1. The molecule has 1 fully saturated rings. The minimum Gasteiger partial charge on any atom is -0.508 e. The summed E-state index contributed by atoms with van der Waals surface area (Å²) in [5.74, 6) is 0.244. The van der Waals surface area contributed by atoms with Gasteiger partial charge in [-0.05, 0) is 43.0 Å². The molecule has 2 aliphatic heterocycles. The number of ether oxygens (including phenoxy) is 2. The van der Waals surface area contributed by atoms with Crippen molar-refractivity contribution in [2.75, 3.05) is 25.6 Å². The molecule has 0 saturated carbocycles. The van der Waals surface area contributed by atoms with Gasteiger partial charge in [0.05, 0.1) is 18.4 Å². The van der Waals surface area contributed by atoms with Gasteiger partial charge in [0, 0.05) is 49.7 Å². The highest BCUT2D eigenvalue weighted by molar-refractivity contribution is 5.71. The second kappa shape index (κ2) is 7.13. The van der Waals surface area contributed by atoms with Crippen molar-refractivity contribution in [3.8, 4) is 17.0 Å². The van der Waals surface area contributed by atoms with Crippen LogP contribution in [0, 0.1) is 0 Å². The number of benzene rings is 1. The second-order valence-corrected chi connectivity index (χ2v) is 6.96. The first kappa shape index (κ1) is 17.1. The highest BCUT2D eigenvalue weighted by Gasteiger charge is 2.21. The molecule has 0 amide bonds. The van der Waals surface area contributed by atoms with Crippen molar-refractivity contribution < 1.29 is 14.6 Å². The Kier molecular flexibility index (Phi) is 4.70. The third kappa shape index (κ3) is 3.22. The molecule has 1 aromatic heterocycles. The Morgan fingerprint density at radius 3 is 3.00 bits per heavy atom. The van der Waals surface area contributed by atoms with Crippen molar-refractivity contribution in [2.45, 2.75) is 38.5 Å². The van der Waals surface area contributed by atoms with Crippen LogP contribution in [-0.4, -0.2) is 36.0 Å². The van der Waals surface area contributed by atoms with E-state index < -0.39 is 0 Å². The molecule has 6 heteroatoms. The number of aromatic hydroxyl groups is 1. The van der Waals surface area contributed by atoms with E-state index in [1.54, 1.807) is 23.8 Å². The average molecular weight is 356 g/mol. The SMILES string of the molecule is COCc1cc2c(cc1O)CCn1c-2cc(NCC2CCCO2)cc1=O. The lowest BCUT2D eigenvalue weighted by atomic mass is 9.94. The van der Waals surface area contributed by atoms with Gasteiger partial charge >= 0.3 is 0 Å². The summed E-state index contributed by atoms with van der Waals surface area (Å²) in [5, 5.41) is 13.5. The molecule has 1 saturated heterocycles. The largest absolute Gasteiger partial charge is 0.508 e. The number of pyridine rings is 1. The van der Waals surface area contributed by atoms with Crippen molar-refractivity contribution in [2.24, 2.45) is 0 Å². The fourth-order valence-corrected chi connectivity index (χ4v) is 3.81. The van der Waals surface area contributed by atoms with E-state index in [1.807, 2.05) is 12.1 Å². The Morgan fingerprint density at radius 1 is 1.35 bits per heavy atom. The molecule has 0 aliphatic carbocycles. The maximum absolute atomic E-state index is 12.6. The van der Waals surface area contributed by atoms with Crippen LogP contribution in [0.25, 0.3) is 11.3 Å². The first-order valence-corrected chi connectivity index (χ1v) is 9.10. The Morgan fingerprint density at radius 2 is 2.23 bits per heavy atom. The van der Waals surface area contributed by atoms with E-state index in [0.29, 0.717) is 19.7 Å². The number of methoxy groups -OCH3 is 1. The maximum Gasteiger partial charge on any atom is 0.253 e. The first-order chi connectivity index (χ1) is 12.7. The summed E-state index contributed by atoms with van der Waals surface area (Å²) in [6, 6.07) is 7.40. The Hall–Kier alpha value is -2.31. The van der Waals surface area contributed by atoms with Gasteiger partial charge in [0.1, 0.15) is 5.75 Å². The van der Waals surface area contributed by atoms with Gasteiger partial charge in [0.15, 0.2) is 0 Å². The van der Waals surface area contributed by atoms with Crippen molar-refractivity contribution in [3.05, 3.63) is 45.7 Å². The van der Waals surface area contributed by atoms with Gasteiger partial charge < -0.3 is 24.5 Å². The van der Waals surface area contributed by atoms with E-state index in [2.05, 4.69) is 5.32 Å². The van der Waals surface area contributed by atoms with Crippen LogP contribution in [0.5, 0.6) is 5.75 Å². The van der Waals surface area contributed by atoms with E-state index in [4.69, 9.17) is 9.47 Å². The van der Waals surface area contributed by atoms with Crippen LogP contribution in [0.1, 0.15) is 24.0 Å². The second-order valence-electron chi connectivity index (χ2n) is 6.96. The molecule has 6 nitrogen and oxygen atoms in total. The number of nitrogens with one attached hydrogen (secondary N) is 1. The van der Waals surface area contributed by atoms with Crippen molar-refractivity contribution >= 4 is 5.69 Å². The van der Waals surface area contributed by atoms with Crippen molar-refractivity contribution in [1.82, 2.24) is 4.57 Å². The van der Waals surface area contributed by atoms with Crippen LogP contribution in [0.3, 0.4) is 0 Å². The molecule has 1 unspecified atom stereocenters. The smallest absolute Gasteiger partial charge is 0.253 e. The number of fused-ring (bicyclic) bond motifs is 3. The van der Waals surface area contributed by atoms with Crippen LogP contribution in [-0.2, 0) is 29.0 Å². The number of anilines is 1. The highest BCUT2D eigenvalue weighted by atomic mass is 16.5. The molecular formula is C20H24N2O4. The van der Waals surface area contributed by atoms with E-state index in [1.165, 1.54) is 0 Å². The molecule has 1 atom stereocenters. The molecule has 3 heterocycles. The Balaban J connectivity index is 1.69. The fourth-order valence-electron chi connectivity index (χ4n) is 3.81. The molecule has 2 N–H and O–H groups in total. The van der Waals surface area contributed by atoms with Gasteiger partial charge in [-0.3, -0.25) is 4.79 Å². The van der Waals surface area contributed by atoms with Gasteiger partial charge in [-0.25, -0.2) is 0 Å². The van der Waals surface area contributed by atoms with Crippen LogP contribution >= 0.6 is 0 Å². The predicted molar refractivity (Wildman–Crippen MR) is 99.7 cm³/mol. The number of hydrogen-bond acceptors (Lipinski definition) is 5. The van der Waals surface area contributed by atoms with Crippen molar-refractivity contribution in [3.63, 3.8) is 0 Å². The van der Waals surface area contributed by atoms with Gasteiger partial charge in [0.2, 0.25) is 0 Å². The Labute approximate surface area is 152 Å². The summed E-state index contributed by atoms with van der Waals surface area (Å²) in [7, 11) is 1.60. The first-order valence-electron chi connectivity index (χ1n) is 9.10. The molecular weight excluding hydrogens is 332 g/mol. The predicted octanol–water partition coefficient (Wildman–Crippen LogP) is 2.51. The molecule has 2 aliphatic rings. The third-order valence-corrected chi connectivity index (χ3v) is 5.17. The topological polar surface area (TPSA) is 72.7 Å². The quantitative estimate of drug-likeness (QED) is 0.861. The minimum absolute atomic E-state index is 0.00985. The number of phenols is 1. The molecule has 4 rings (SSSR count). The molecule has 26 heavy (non-hydrogen) atoms. The zero-order chi connectivity index (χ0) is 18.1. The normalized spacial score (nSPS) is 18.4. The van der Waals surface area contributed by atoms with Crippen LogP contribution in [0.4, 0.5) is 5.69 Å². The molecule has 1 aromatic carbocycles. The lowest BCUT2D eigenvalue weighted by Gasteiger charge is -2.24. The van der Waals surface area contributed by atoms with Gasteiger partial charge in [-0.2, -0.15) is 0 Å². The summed E-state index contributed by atoms with van der Waals surface area (Å²) >= 11 is 0. The van der Waals surface area contributed by atoms with E-state index in [0.717, 1.165) is 53.9 Å². The van der Waals surface area contributed by atoms with E-state index in [-0.39, 0.29) is 17.4 Å². The summed E-state index contributed by atoms with van der Waals surface area (Å²) in [6.07, 6.45) is 3.09. The summed E-state index contributed by atoms with van der Waals surface area (Å²) in [6.45, 7) is 2.48. The van der Waals surface area contributed by atoms with Gasteiger partial charge in [-0.15, -0.1) is 0 Å². The van der Waals surface area contributed by atoms with E-state index >= 15 is 0 Å². The zero-order valence-electron chi connectivity index (χ0n) is 15.0. The van der Waals surface area contributed by atoms with Crippen LogP contribution in [0.15, 0.2) is 29.1 Å². The maximum atomic E-state index is 12.6. The highest BCUT2D eigenvalue weighted by Crippen LogP contribution is 2.34. The fraction of sp³-hybridized carbons (Fsp3) is 0.450. The van der Waals surface area contributed by atoms with Gasteiger partial charge in [0.25, 0.3) is 5.56 Å². The third-order valence-electron chi connectivity index (χ3n) is 5.17. The van der Waals surface area contributed by atoms with Gasteiger partial charge in [-0.1, -0.05) is 0 Å². The number of aromatic nitrogens is 1. The molecule has 0 spiro atoms. The lowest BCUT2D eigenvalue weighted by Crippen LogP contribution is -2.27. The summed E-state index contributed by atoms with van der Waals surface area (Å²) in [5.41, 5.74) is 4.45. The molecule has 0 radical (unpaired) electrons. The monoisotopic (exact) mass is 356 g/mol. The van der Waals surface area contributed by atoms with Crippen molar-refractivity contribution in [1.29, 1.82) is 0 Å². The molecule has 0 bridgehead atoms. The van der Waals surface area contributed by atoms with E-state index in [9.17, 15) is 9.90 Å². The molecule has 2 aromatic rings. The van der Waals surface area contributed by atoms with Crippen LogP contribution < -0.4 is 10.9 Å². The summed E-state index contributed by atoms with van der Waals surface area (Å²) < 4.78 is 12.6. The number of phenolic OH excluding ortho intramolecular Hbond substituents is 1. The Bertz CT molecular complexity index is 869. The average Bonchev–Trinajstić information content (AvgIpc) is 3.14. The number of hydrogen-bond donors (Lipinski definition) is 2. The number of rotatable bonds is 5. The lowest BCUT2D eigenvalue weighted by molar-refractivity contribution is 0.120. The molecule has 138 valence electrons. The summed E-state index contributed by atoms with van der Waals surface area (Å²) in [4.78, 5) is 12.6. The minimum atomic E-state index is -0.00985. The zero-order valence-corrected chi connectivity index (χ0v) is 15.0. The standard InChI is InChI=1S/C20H24N2O4/c1-25-12-14-7-17-13(8-19(14)23)4-5-22-18(17)9-15(10-20(22)24)21-11-16-3-2-6-26-16/h7-10,16,21,23H,2-6,11-12H2,1H3.